The van der Waals surface area contributed by atoms with Gasteiger partial charge in [0.1, 0.15) is 12.1 Å². The summed E-state index contributed by atoms with van der Waals surface area (Å²) in [5, 5.41) is 4.38. The predicted molar refractivity (Wildman–Crippen MR) is 90.9 cm³/mol. The molecule has 0 bridgehead atoms. The number of hydrogen-bond acceptors (Lipinski definition) is 5. The highest BCUT2D eigenvalue weighted by molar-refractivity contribution is 5.66. The van der Waals surface area contributed by atoms with E-state index in [9.17, 15) is 0 Å². The van der Waals surface area contributed by atoms with Crippen LogP contribution in [0, 0.1) is 5.41 Å². The molecule has 0 aliphatic carbocycles. The molecule has 2 aliphatic heterocycles. The van der Waals surface area contributed by atoms with Crippen molar-refractivity contribution >= 4 is 11.6 Å². The van der Waals surface area contributed by atoms with Gasteiger partial charge in [0.05, 0.1) is 12.3 Å². The molecule has 0 N–H and O–H groups in total. The molecule has 6 heteroatoms. The van der Waals surface area contributed by atoms with Crippen molar-refractivity contribution < 1.29 is 4.74 Å². The zero-order valence-corrected chi connectivity index (χ0v) is 13.4. The Labute approximate surface area is 140 Å². The van der Waals surface area contributed by atoms with E-state index in [1.807, 2.05) is 22.7 Å². The van der Waals surface area contributed by atoms with Gasteiger partial charge in [-0.1, -0.05) is 30.3 Å². The summed E-state index contributed by atoms with van der Waals surface area (Å²) < 4.78 is 7.51. The molecule has 1 aromatic carbocycles. The third kappa shape index (κ3) is 2.17. The van der Waals surface area contributed by atoms with Gasteiger partial charge in [-0.15, -0.1) is 0 Å². The van der Waals surface area contributed by atoms with Gasteiger partial charge in [0.15, 0.2) is 0 Å². The Morgan fingerprint density at radius 2 is 2.04 bits per heavy atom. The zero-order chi connectivity index (χ0) is 16.0. The first-order valence-corrected chi connectivity index (χ1v) is 8.42. The normalized spacial score (nSPS) is 23.6. The summed E-state index contributed by atoms with van der Waals surface area (Å²) in [4.78, 5) is 11.4. The van der Waals surface area contributed by atoms with Crippen molar-refractivity contribution in [1.82, 2.24) is 19.6 Å². The highest BCUT2D eigenvalue weighted by atomic mass is 16.5. The molecule has 5 rings (SSSR count). The summed E-state index contributed by atoms with van der Waals surface area (Å²) in [6.07, 6.45) is 3.90. The highest BCUT2D eigenvalue weighted by Crippen LogP contribution is 2.40. The summed E-state index contributed by atoms with van der Waals surface area (Å²) in [6, 6.07) is 12.4. The number of fused-ring (bicyclic) bond motifs is 1. The van der Waals surface area contributed by atoms with Gasteiger partial charge in [0.25, 0.3) is 5.78 Å². The van der Waals surface area contributed by atoms with Crippen molar-refractivity contribution in [2.75, 3.05) is 31.2 Å². The molecule has 0 radical (unpaired) electrons. The molecule has 2 aliphatic rings. The van der Waals surface area contributed by atoms with Crippen molar-refractivity contribution in [3.05, 3.63) is 42.7 Å². The Bertz CT molecular complexity index is 870. The van der Waals surface area contributed by atoms with E-state index in [0.717, 1.165) is 49.8 Å². The minimum Gasteiger partial charge on any atom is -0.381 e. The Hall–Kier alpha value is -2.47. The van der Waals surface area contributed by atoms with Crippen molar-refractivity contribution in [3.8, 4) is 11.3 Å². The van der Waals surface area contributed by atoms with E-state index < -0.39 is 0 Å². The predicted octanol–water partition coefficient (Wildman–Crippen LogP) is 2.41. The molecule has 1 atom stereocenters. The monoisotopic (exact) mass is 321 g/mol. The first-order valence-electron chi connectivity index (χ1n) is 8.42. The summed E-state index contributed by atoms with van der Waals surface area (Å²) in [6.45, 7) is 3.80. The molecule has 0 amide bonds. The third-order valence-electron chi connectivity index (χ3n) is 5.25. The quantitative estimate of drug-likeness (QED) is 0.725. The fourth-order valence-electron chi connectivity index (χ4n) is 3.88. The second kappa shape index (κ2) is 5.27. The van der Waals surface area contributed by atoms with E-state index in [1.54, 1.807) is 6.33 Å². The van der Waals surface area contributed by atoms with Crippen LogP contribution in [0.4, 0.5) is 5.82 Å². The van der Waals surface area contributed by atoms with Gasteiger partial charge in [0, 0.05) is 36.7 Å². The van der Waals surface area contributed by atoms with E-state index >= 15 is 0 Å². The molecule has 122 valence electrons. The Balaban J connectivity index is 1.59. The SMILES string of the molecule is c1ccc(-c2cc(N3CCC4(CCOC4)C3)n3ncnc3n2)cc1. The van der Waals surface area contributed by atoms with Crippen LogP contribution < -0.4 is 4.90 Å². The van der Waals surface area contributed by atoms with Crippen LogP contribution in [-0.4, -0.2) is 45.9 Å². The number of anilines is 1. The number of nitrogens with zero attached hydrogens (tertiary/aromatic N) is 5. The van der Waals surface area contributed by atoms with Crippen molar-refractivity contribution in [3.63, 3.8) is 0 Å². The van der Waals surface area contributed by atoms with Crippen molar-refractivity contribution in [1.29, 1.82) is 0 Å². The minimum absolute atomic E-state index is 0.309. The van der Waals surface area contributed by atoms with E-state index in [4.69, 9.17) is 4.74 Å². The second-order valence-electron chi connectivity index (χ2n) is 6.81. The lowest BCUT2D eigenvalue weighted by atomic mass is 9.87. The van der Waals surface area contributed by atoms with E-state index in [1.165, 1.54) is 6.42 Å². The molecule has 2 aromatic heterocycles. The first-order chi connectivity index (χ1) is 11.8. The smallest absolute Gasteiger partial charge is 0.254 e. The molecule has 3 aromatic rings. The number of hydrogen-bond donors (Lipinski definition) is 0. The maximum Gasteiger partial charge on any atom is 0.254 e. The molecular weight excluding hydrogens is 302 g/mol. The Morgan fingerprint density at radius 1 is 1.12 bits per heavy atom. The Morgan fingerprint density at radius 3 is 2.88 bits per heavy atom. The van der Waals surface area contributed by atoms with Crippen LogP contribution in [0.2, 0.25) is 0 Å². The number of aromatic nitrogens is 4. The van der Waals surface area contributed by atoms with Crippen molar-refractivity contribution in [2.45, 2.75) is 12.8 Å². The van der Waals surface area contributed by atoms with Gasteiger partial charge in [0.2, 0.25) is 0 Å². The maximum atomic E-state index is 5.66. The summed E-state index contributed by atoms with van der Waals surface area (Å²) in [5.74, 6) is 1.72. The first kappa shape index (κ1) is 13.9. The lowest BCUT2D eigenvalue weighted by molar-refractivity contribution is 0.160. The molecule has 2 fully saturated rings. The largest absolute Gasteiger partial charge is 0.381 e. The average molecular weight is 321 g/mol. The van der Waals surface area contributed by atoms with Crippen LogP contribution in [0.15, 0.2) is 42.7 Å². The molecular formula is C18H19N5O. The molecule has 2 saturated heterocycles. The highest BCUT2D eigenvalue weighted by Gasteiger charge is 2.42. The summed E-state index contributed by atoms with van der Waals surface area (Å²) in [5.41, 5.74) is 2.35. The molecule has 4 heterocycles. The molecule has 6 nitrogen and oxygen atoms in total. The summed E-state index contributed by atoms with van der Waals surface area (Å²) in [7, 11) is 0. The standard InChI is InChI=1S/C18H19N5O/c1-2-4-14(5-3-1)15-10-16(23-17(21-15)19-13-20-23)22-8-6-18(11-22)7-9-24-12-18/h1-5,10,13H,6-9,11-12H2. The van der Waals surface area contributed by atoms with Crippen LogP contribution in [-0.2, 0) is 4.74 Å². The molecule has 24 heavy (non-hydrogen) atoms. The molecule has 0 saturated carbocycles. The van der Waals surface area contributed by atoms with Crippen molar-refractivity contribution in [2.24, 2.45) is 5.41 Å². The fraction of sp³-hybridized carbons (Fsp3) is 0.389. The molecule has 1 spiro atoms. The average Bonchev–Trinajstić information content (AvgIpc) is 3.37. The van der Waals surface area contributed by atoms with Crippen LogP contribution in [0.5, 0.6) is 0 Å². The van der Waals surface area contributed by atoms with Gasteiger partial charge >= 0.3 is 0 Å². The van der Waals surface area contributed by atoms with Crippen LogP contribution in [0.1, 0.15) is 12.8 Å². The number of rotatable bonds is 2. The maximum absolute atomic E-state index is 5.66. The van der Waals surface area contributed by atoms with E-state index in [0.29, 0.717) is 11.2 Å². The van der Waals surface area contributed by atoms with Gasteiger partial charge in [-0.05, 0) is 12.8 Å². The lowest BCUT2D eigenvalue weighted by Crippen LogP contribution is -2.28. The van der Waals surface area contributed by atoms with Crippen LogP contribution >= 0.6 is 0 Å². The van der Waals surface area contributed by atoms with Gasteiger partial charge in [-0.25, -0.2) is 4.98 Å². The topological polar surface area (TPSA) is 55.6 Å². The van der Waals surface area contributed by atoms with Gasteiger partial charge in [-0.3, -0.25) is 0 Å². The minimum atomic E-state index is 0.309. The Kier molecular flexibility index (Phi) is 3.06. The van der Waals surface area contributed by atoms with Crippen LogP contribution in [0.3, 0.4) is 0 Å². The van der Waals surface area contributed by atoms with Gasteiger partial charge in [-0.2, -0.15) is 14.6 Å². The fourth-order valence-corrected chi connectivity index (χ4v) is 3.88. The second-order valence-corrected chi connectivity index (χ2v) is 6.81. The lowest BCUT2D eigenvalue weighted by Gasteiger charge is -2.23. The van der Waals surface area contributed by atoms with E-state index in [2.05, 4.69) is 38.2 Å². The molecule has 1 unspecified atom stereocenters. The number of ether oxygens (including phenoxy) is 1. The third-order valence-corrected chi connectivity index (χ3v) is 5.25. The number of benzene rings is 1. The van der Waals surface area contributed by atoms with Crippen LogP contribution in [0.25, 0.3) is 17.0 Å². The van der Waals surface area contributed by atoms with E-state index in [-0.39, 0.29) is 0 Å². The van der Waals surface area contributed by atoms with Gasteiger partial charge < -0.3 is 9.64 Å². The summed E-state index contributed by atoms with van der Waals surface area (Å²) >= 11 is 0. The zero-order valence-electron chi connectivity index (χ0n) is 13.4.